The molecule has 0 N–H and O–H groups in total. The van der Waals surface area contributed by atoms with E-state index in [1.165, 1.54) is 23.6 Å². The predicted molar refractivity (Wildman–Crippen MR) is 80.9 cm³/mol. The van der Waals surface area contributed by atoms with Gasteiger partial charge in [-0.1, -0.05) is 36.4 Å². The number of hydrogen-bond acceptors (Lipinski definition) is 3. The second-order valence-electron chi connectivity index (χ2n) is 5.63. The zero-order chi connectivity index (χ0) is 14.2. The smallest absolute Gasteiger partial charge is 0.313 e. The summed E-state index contributed by atoms with van der Waals surface area (Å²) in [5.41, 5.74) is 0.874. The predicted octanol–water partition coefficient (Wildman–Crippen LogP) is 3.23. The molecule has 3 rings (SSSR count). The Morgan fingerprint density at radius 1 is 1.20 bits per heavy atom. The molecule has 0 radical (unpaired) electrons. The maximum atomic E-state index is 11.9. The van der Waals surface area contributed by atoms with E-state index in [1.807, 2.05) is 19.2 Å². The first kappa shape index (κ1) is 13.0. The first-order chi connectivity index (χ1) is 9.66. The molecule has 3 nitrogen and oxygen atoms in total. The number of ether oxygens (including phenoxy) is 1. The van der Waals surface area contributed by atoms with E-state index in [4.69, 9.17) is 4.74 Å². The fraction of sp³-hybridized carbons (Fsp3) is 0.353. The summed E-state index contributed by atoms with van der Waals surface area (Å²) in [6.45, 7) is 0.716. The highest BCUT2D eigenvalue weighted by molar-refractivity contribution is 5.94. The molecular formula is C17H19NO2. The zero-order valence-electron chi connectivity index (χ0n) is 11.9. The van der Waals surface area contributed by atoms with E-state index in [0.29, 0.717) is 6.54 Å². The van der Waals surface area contributed by atoms with Gasteiger partial charge in [-0.25, -0.2) is 0 Å². The van der Waals surface area contributed by atoms with Gasteiger partial charge in [-0.2, -0.15) is 0 Å². The Balaban J connectivity index is 1.90. The van der Waals surface area contributed by atoms with Crippen LogP contribution in [0.25, 0.3) is 10.8 Å². The average molecular weight is 269 g/mol. The van der Waals surface area contributed by atoms with Crippen LogP contribution in [0.3, 0.4) is 0 Å². The number of esters is 1. The summed E-state index contributed by atoms with van der Waals surface area (Å²) in [5.74, 6) is -0.0791. The number of carbonyl (C=O) groups excluding carboxylic acids is 1. The Morgan fingerprint density at radius 2 is 1.90 bits per heavy atom. The second-order valence-corrected chi connectivity index (χ2v) is 5.63. The first-order valence-electron chi connectivity index (χ1n) is 6.94. The van der Waals surface area contributed by atoms with E-state index in [0.717, 1.165) is 12.8 Å². The molecule has 1 fully saturated rings. The van der Waals surface area contributed by atoms with Gasteiger partial charge in [0.2, 0.25) is 0 Å². The lowest BCUT2D eigenvalue weighted by Gasteiger charge is -2.25. The lowest BCUT2D eigenvalue weighted by atomic mass is 10.0. The van der Waals surface area contributed by atoms with Crippen LogP contribution >= 0.6 is 0 Å². The Hall–Kier alpha value is -2.03. The number of anilines is 1. The minimum atomic E-state index is -0.291. The summed E-state index contributed by atoms with van der Waals surface area (Å²) < 4.78 is 4.94. The molecule has 1 aliphatic rings. The maximum absolute atomic E-state index is 11.9. The third-order valence-corrected chi connectivity index (χ3v) is 4.19. The fourth-order valence-corrected chi connectivity index (χ4v) is 2.87. The SMILES string of the molecule is COC(=O)C1(CN(C)c2cccc3ccccc23)CC1. The Morgan fingerprint density at radius 3 is 2.60 bits per heavy atom. The monoisotopic (exact) mass is 269 g/mol. The number of carbonyl (C=O) groups is 1. The van der Waals surface area contributed by atoms with Crippen molar-refractivity contribution < 1.29 is 9.53 Å². The number of methoxy groups -OCH3 is 1. The third-order valence-electron chi connectivity index (χ3n) is 4.19. The topological polar surface area (TPSA) is 29.5 Å². The molecule has 3 heteroatoms. The van der Waals surface area contributed by atoms with Crippen LogP contribution in [-0.2, 0) is 9.53 Å². The Kier molecular flexibility index (Phi) is 3.13. The van der Waals surface area contributed by atoms with E-state index in [1.54, 1.807) is 0 Å². The third kappa shape index (κ3) is 2.13. The minimum absolute atomic E-state index is 0.0791. The van der Waals surface area contributed by atoms with Crippen molar-refractivity contribution in [3.05, 3.63) is 42.5 Å². The van der Waals surface area contributed by atoms with Crippen molar-refractivity contribution in [1.82, 2.24) is 0 Å². The maximum Gasteiger partial charge on any atom is 0.313 e. The largest absolute Gasteiger partial charge is 0.469 e. The van der Waals surface area contributed by atoms with Crippen LogP contribution < -0.4 is 4.90 Å². The van der Waals surface area contributed by atoms with Gasteiger partial charge in [0, 0.05) is 24.7 Å². The summed E-state index contributed by atoms with van der Waals surface area (Å²) in [4.78, 5) is 14.1. The quantitative estimate of drug-likeness (QED) is 0.798. The van der Waals surface area contributed by atoms with Crippen molar-refractivity contribution in [1.29, 1.82) is 0 Å². The fourth-order valence-electron chi connectivity index (χ4n) is 2.87. The number of rotatable bonds is 4. The summed E-state index contributed by atoms with van der Waals surface area (Å²) in [6, 6.07) is 14.6. The van der Waals surface area contributed by atoms with E-state index in [2.05, 4.69) is 35.2 Å². The summed E-state index contributed by atoms with van der Waals surface area (Å²) in [6.07, 6.45) is 1.85. The van der Waals surface area contributed by atoms with Crippen LogP contribution in [0.2, 0.25) is 0 Å². The van der Waals surface area contributed by atoms with Gasteiger partial charge < -0.3 is 9.64 Å². The van der Waals surface area contributed by atoms with Gasteiger partial charge in [0.25, 0.3) is 0 Å². The van der Waals surface area contributed by atoms with Gasteiger partial charge in [0.05, 0.1) is 12.5 Å². The average Bonchev–Trinajstić information content (AvgIpc) is 3.26. The molecule has 0 amide bonds. The molecule has 20 heavy (non-hydrogen) atoms. The van der Waals surface area contributed by atoms with E-state index >= 15 is 0 Å². The molecule has 0 atom stereocenters. The zero-order valence-corrected chi connectivity index (χ0v) is 11.9. The molecular weight excluding hydrogens is 250 g/mol. The molecule has 2 aromatic carbocycles. The molecule has 104 valence electrons. The molecule has 0 heterocycles. The Bertz CT molecular complexity index is 641. The second kappa shape index (κ2) is 4.82. The van der Waals surface area contributed by atoms with Gasteiger partial charge in [-0.05, 0) is 24.3 Å². The highest BCUT2D eigenvalue weighted by Crippen LogP contribution is 2.48. The van der Waals surface area contributed by atoms with Gasteiger partial charge in [-0.15, -0.1) is 0 Å². The normalized spacial score (nSPS) is 15.9. The van der Waals surface area contributed by atoms with E-state index in [-0.39, 0.29) is 11.4 Å². The molecule has 0 aliphatic heterocycles. The van der Waals surface area contributed by atoms with Crippen LogP contribution in [-0.4, -0.2) is 26.7 Å². The highest BCUT2D eigenvalue weighted by Gasteiger charge is 2.51. The molecule has 0 saturated heterocycles. The van der Waals surface area contributed by atoms with Crippen LogP contribution in [0.15, 0.2) is 42.5 Å². The minimum Gasteiger partial charge on any atom is -0.469 e. The summed E-state index contributed by atoms with van der Waals surface area (Å²) in [5, 5.41) is 2.44. The number of nitrogens with zero attached hydrogens (tertiary/aromatic N) is 1. The molecule has 1 aliphatic carbocycles. The molecule has 0 spiro atoms. The van der Waals surface area contributed by atoms with Crippen molar-refractivity contribution in [2.24, 2.45) is 5.41 Å². The van der Waals surface area contributed by atoms with Crippen molar-refractivity contribution in [2.75, 3.05) is 25.6 Å². The van der Waals surface area contributed by atoms with Crippen molar-refractivity contribution in [3.8, 4) is 0 Å². The van der Waals surface area contributed by atoms with Gasteiger partial charge in [0.15, 0.2) is 0 Å². The van der Waals surface area contributed by atoms with Crippen LogP contribution in [0, 0.1) is 5.41 Å². The van der Waals surface area contributed by atoms with Crippen LogP contribution in [0.1, 0.15) is 12.8 Å². The lowest BCUT2D eigenvalue weighted by molar-refractivity contribution is -0.146. The van der Waals surface area contributed by atoms with E-state index in [9.17, 15) is 4.79 Å². The Labute approximate surface area is 119 Å². The molecule has 2 aromatic rings. The molecule has 1 saturated carbocycles. The van der Waals surface area contributed by atoms with Crippen LogP contribution in [0.5, 0.6) is 0 Å². The molecule has 0 bridgehead atoms. The lowest BCUT2D eigenvalue weighted by Crippen LogP contribution is -2.32. The van der Waals surface area contributed by atoms with E-state index < -0.39 is 0 Å². The van der Waals surface area contributed by atoms with Crippen molar-refractivity contribution in [2.45, 2.75) is 12.8 Å². The molecule has 0 unspecified atom stereocenters. The van der Waals surface area contributed by atoms with Gasteiger partial charge in [0.1, 0.15) is 0 Å². The number of benzene rings is 2. The highest BCUT2D eigenvalue weighted by atomic mass is 16.5. The standard InChI is InChI=1S/C17H19NO2/c1-18(12-17(10-11-17)16(19)20-2)15-9-5-7-13-6-3-4-8-14(13)15/h3-9H,10-12H2,1-2H3. The summed E-state index contributed by atoms with van der Waals surface area (Å²) >= 11 is 0. The molecule has 0 aromatic heterocycles. The van der Waals surface area contributed by atoms with Crippen molar-refractivity contribution >= 4 is 22.4 Å². The number of fused-ring (bicyclic) bond motifs is 1. The number of hydrogen-bond donors (Lipinski definition) is 0. The van der Waals surface area contributed by atoms with Crippen molar-refractivity contribution in [3.63, 3.8) is 0 Å². The van der Waals surface area contributed by atoms with Gasteiger partial charge in [-0.3, -0.25) is 4.79 Å². The van der Waals surface area contributed by atoms with Gasteiger partial charge >= 0.3 is 5.97 Å². The summed E-state index contributed by atoms with van der Waals surface area (Å²) in [7, 11) is 3.52. The first-order valence-corrected chi connectivity index (χ1v) is 6.94. The van der Waals surface area contributed by atoms with Crippen LogP contribution in [0.4, 0.5) is 5.69 Å².